The van der Waals surface area contributed by atoms with Crippen LogP contribution >= 0.6 is 24.0 Å². The van der Waals surface area contributed by atoms with Gasteiger partial charge in [-0.15, -0.1) is 24.0 Å². The number of nitrogens with zero attached hydrogens (tertiary/aromatic N) is 3. The summed E-state index contributed by atoms with van der Waals surface area (Å²) in [5, 5.41) is 6.75. The first-order valence-electron chi connectivity index (χ1n) is 10.9. The smallest absolute Gasteiger partial charge is 0.208 e. The zero-order valence-corrected chi connectivity index (χ0v) is 22.7. The number of methoxy groups -OCH3 is 3. The Morgan fingerprint density at radius 2 is 1.76 bits per heavy atom. The molecular weight excluding hydrogens is 537 g/mol. The number of aliphatic imine (C=N–C) groups is 1. The molecule has 0 saturated carbocycles. The molecule has 184 valence electrons. The van der Waals surface area contributed by atoms with Gasteiger partial charge in [0.15, 0.2) is 17.5 Å². The number of anilines is 1. The van der Waals surface area contributed by atoms with Gasteiger partial charge < -0.3 is 29.3 Å². The second-order valence-corrected chi connectivity index (χ2v) is 7.96. The molecule has 0 atom stereocenters. The molecule has 1 saturated heterocycles. The zero-order chi connectivity index (χ0) is 23.1. The molecule has 2 aromatic rings. The molecule has 9 nitrogen and oxygen atoms in total. The second kappa shape index (κ2) is 12.9. The number of oxazole rings is 1. The zero-order valence-electron chi connectivity index (χ0n) is 20.4. The molecule has 0 bridgehead atoms. The number of likely N-dealkylation sites (tertiary alicyclic amines) is 1. The molecular formula is C23H36IN5O4. The average molecular weight is 573 g/mol. The molecule has 1 aliphatic heterocycles. The Kier molecular flexibility index (Phi) is 10.6. The number of guanidine groups is 1. The van der Waals surface area contributed by atoms with E-state index in [0.717, 1.165) is 62.1 Å². The summed E-state index contributed by atoms with van der Waals surface area (Å²) in [6.45, 7) is 7.65. The van der Waals surface area contributed by atoms with Crippen molar-refractivity contribution >= 4 is 35.6 Å². The van der Waals surface area contributed by atoms with Gasteiger partial charge in [0.1, 0.15) is 5.76 Å². The largest absolute Gasteiger partial charge is 0.493 e. The Hall–Kier alpha value is -2.21. The molecule has 2 N–H and O–H groups in total. The Bertz CT molecular complexity index is 881. The molecule has 0 radical (unpaired) electrons. The van der Waals surface area contributed by atoms with Gasteiger partial charge in [0, 0.05) is 31.4 Å². The molecule has 33 heavy (non-hydrogen) atoms. The van der Waals surface area contributed by atoms with Crippen molar-refractivity contribution in [3.05, 3.63) is 29.5 Å². The van der Waals surface area contributed by atoms with Gasteiger partial charge >= 0.3 is 0 Å². The number of nitrogens with one attached hydrogen (secondary N) is 2. The Labute approximate surface area is 213 Å². The van der Waals surface area contributed by atoms with Crippen LogP contribution < -0.4 is 24.8 Å². The summed E-state index contributed by atoms with van der Waals surface area (Å²) < 4.78 is 22.0. The fourth-order valence-electron chi connectivity index (χ4n) is 3.86. The summed E-state index contributed by atoms with van der Waals surface area (Å²) in [5.74, 6) is 4.74. The third-order valence-corrected chi connectivity index (χ3v) is 5.85. The van der Waals surface area contributed by atoms with E-state index >= 15 is 0 Å². The maximum absolute atomic E-state index is 5.73. The first-order chi connectivity index (χ1) is 15.5. The Balaban J connectivity index is 0.00000385. The summed E-state index contributed by atoms with van der Waals surface area (Å²) in [4.78, 5) is 11.3. The van der Waals surface area contributed by atoms with E-state index in [1.165, 1.54) is 0 Å². The highest BCUT2D eigenvalue weighted by molar-refractivity contribution is 14.0. The van der Waals surface area contributed by atoms with Gasteiger partial charge in [-0.1, -0.05) is 0 Å². The van der Waals surface area contributed by atoms with Gasteiger partial charge in [0.2, 0.25) is 11.6 Å². The van der Waals surface area contributed by atoms with Crippen LogP contribution in [0.1, 0.15) is 30.2 Å². The topological polar surface area (TPSA) is 93.4 Å². The quantitative estimate of drug-likeness (QED) is 0.280. The highest BCUT2D eigenvalue weighted by atomic mass is 127. The van der Waals surface area contributed by atoms with Crippen molar-refractivity contribution in [1.29, 1.82) is 0 Å². The van der Waals surface area contributed by atoms with Crippen LogP contribution in [0.25, 0.3) is 0 Å². The van der Waals surface area contributed by atoms with E-state index in [0.29, 0.717) is 29.1 Å². The van der Waals surface area contributed by atoms with E-state index in [2.05, 4.69) is 25.5 Å². The number of hydrogen-bond acceptors (Lipinski definition) is 7. The molecule has 10 heteroatoms. The molecule has 2 heterocycles. The van der Waals surface area contributed by atoms with E-state index in [-0.39, 0.29) is 24.0 Å². The van der Waals surface area contributed by atoms with Crippen LogP contribution in [0.3, 0.4) is 0 Å². The van der Waals surface area contributed by atoms with E-state index in [4.69, 9.17) is 18.6 Å². The number of hydrogen-bond donors (Lipinski definition) is 2. The van der Waals surface area contributed by atoms with Gasteiger partial charge in [-0.25, -0.2) is 4.98 Å². The highest BCUT2D eigenvalue weighted by Gasteiger charge is 2.21. The van der Waals surface area contributed by atoms with Crippen molar-refractivity contribution in [3.63, 3.8) is 0 Å². The minimum atomic E-state index is 0. The molecule has 0 unspecified atom stereocenters. The number of ether oxygens (including phenoxy) is 3. The summed E-state index contributed by atoms with van der Waals surface area (Å²) in [7, 11) is 6.55. The number of halogens is 1. The minimum Gasteiger partial charge on any atom is -0.493 e. The van der Waals surface area contributed by atoms with Crippen LogP contribution in [0.2, 0.25) is 0 Å². The van der Waals surface area contributed by atoms with Crippen molar-refractivity contribution in [2.24, 2.45) is 10.9 Å². The molecule has 3 rings (SSSR count). The average Bonchev–Trinajstić information content (AvgIpc) is 3.13. The third kappa shape index (κ3) is 7.13. The predicted octanol–water partition coefficient (Wildman–Crippen LogP) is 3.83. The Morgan fingerprint density at radius 1 is 1.12 bits per heavy atom. The van der Waals surface area contributed by atoms with Gasteiger partial charge in [0.05, 0.1) is 33.6 Å². The lowest BCUT2D eigenvalue weighted by Gasteiger charge is -2.31. The minimum absolute atomic E-state index is 0. The maximum Gasteiger partial charge on any atom is 0.208 e. The van der Waals surface area contributed by atoms with Crippen molar-refractivity contribution in [1.82, 2.24) is 15.2 Å². The number of aryl methyl sites for hydroxylation is 2. The van der Waals surface area contributed by atoms with Crippen LogP contribution in [0.4, 0.5) is 5.69 Å². The standard InChI is InChI=1S/C23H35N5O4.HI/c1-15-16(2)32-21(26-15)14-28-9-7-17(8-10-28)13-25-23(24-3)27-18-11-19(29-4)22(31-6)20(12-18)30-5;/h11-12,17H,7-10,13-14H2,1-6H3,(H2,24,25,27);1H. The van der Waals surface area contributed by atoms with Crippen LogP contribution in [0, 0.1) is 19.8 Å². The van der Waals surface area contributed by atoms with Gasteiger partial charge in [-0.2, -0.15) is 0 Å². The van der Waals surface area contributed by atoms with E-state index < -0.39 is 0 Å². The van der Waals surface area contributed by atoms with Gasteiger partial charge in [-0.3, -0.25) is 9.89 Å². The molecule has 1 aromatic carbocycles. The highest BCUT2D eigenvalue weighted by Crippen LogP contribution is 2.39. The van der Waals surface area contributed by atoms with Crippen LogP contribution in [0.5, 0.6) is 17.2 Å². The van der Waals surface area contributed by atoms with Crippen LogP contribution in [-0.4, -0.2) is 63.9 Å². The van der Waals surface area contributed by atoms with E-state index in [9.17, 15) is 0 Å². The van der Waals surface area contributed by atoms with Gasteiger partial charge in [-0.05, 0) is 45.7 Å². The van der Waals surface area contributed by atoms with E-state index in [1.807, 2.05) is 26.0 Å². The second-order valence-electron chi connectivity index (χ2n) is 7.96. The van der Waals surface area contributed by atoms with Crippen molar-refractivity contribution in [3.8, 4) is 17.2 Å². The summed E-state index contributed by atoms with van der Waals surface area (Å²) in [5.41, 5.74) is 1.78. The fourth-order valence-corrected chi connectivity index (χ4v) is 3.86. The van der Waals surface area contributed by atoms with E-state index in [1.54, 1.807) is 28.4 Å². The first kappa shape index (κ1) is 27.0. The van der Waals surface area contributed by atoms with Crippen molar-refractivity contribution in [2.75, 3.05) is 53.3 Å². The number of rotatable bonds is 8. The monoisotopic (exact) mass is 573 g/mol. The molecule has 1 aliphatic rings. The summed E-state index contributed by atoms with van der Waals surface area (Å²) in [6.07, 6.45) is 2.24. The molecule has 0 aliphatic carbocycles. The van der Waals surface area contributed by atoms with Crippen molar-refractivity contribution in [2.45, 2.75) is 33.2 Å². The lowest BCUT2D eigenvalue weighted by atomic mass is 9.97. The summed E-state index contributed by atoms with van der Waals surface area (Å²) >= 11 is 0. The third-order valence-electron chi connectivity index (χ3n) is 5.85. The normalized spacial score (nSPS) is 15.0. The van der Waals surface area contributed by atoms with Crippen molar-refractivity contribution < 1.29 is 18.6 Å². The van der Waals surface area contributed by atoms with Crippen LogP contribution in [0.15, 0.2) is 21.5 Å². The molecule has 1 fully saturated rings. The number of piperidine rings is 1. The van der Waals surface area contributed by atoms with Gasteiger partial charge in [0.25, 0.3) is 0 Å². The number of aromatic nitrogens is 1. The maximum atomic E-state index is 5.73. The first-order valence-corrected chi connectivity index (χ1v) is 10.9. The lowest BCUT2D eigenvalue weighted by Crippen LogP contribution is -2.40. The number of benzene rings is 1. The fraction of sp³-hybridized carbons (Fsp3) is 0.565. The molecule has 0 spiro atoms. The summed E-state index contributed by atoms with van der Waals surface area (Å²) in [6, 6.07) is 3.72. The van der Waals surface area contributed by atoms with Crippen LogP contribution in [-0.2, 0) is 6.54 Å². The SMILES string of the molecule is CN=C(NCC1CCN(Cc2nc(C)c(C)o2)CC1)Nc1cc(OC)c(OC)c(OC)c1.I. The predicted molar refractivity (Wildman–Crippen MR) is 140 cm³/mol. The molecule has 0 amide bonds. The molecule has 1 aromatic heterocycles. The Morgan fingerprint density at radius 3 is 2.24 bits per heavy atom. The lowest BCUT2D eigenvalue weighted by molar-refractivity contribution is 0.164.